The molecular weight excluding hydrogens is 714 g/mol. The number of hydrogen-bond acceptors (Lipinski definition) is 9. The van der Waals surface area contributed by atoms with Gasteiger partial charge >= 0.3 is 30.4 Å². The third-order valence-electron chi connectivity index (χ3n) is 5.99. The Labute approximate surface area is 290 Å². The Bertz CT molecular complexity index is 1730. The summed E-state index contributed by atoms with van der Waals surface area (Å²) in [5, 5.41) is 25.6. The molecule has 6 N–H and O–H groups in total. The van der Waals surface area contributed by atoms with Crippen LogP contribution < -0.4 is 20.5 Å². The van der Waals surface area contributed by atoms with Crippen molar-refractivity contribution >= 4 is 51.0 Å². The minimum atomic E-state index is -5.08. The number of carboxylic acids is 2. The number of amidine groups is 1. The molecule has 51 heavy (non-hydrogen) atoms. The SMILES string of the molecule is CN(C)CCOc1ccc(NC(=O)OCC(Oc2cccc3sc(C(=N)N)cc23)c2ccccc2)cc1.O=C(O)C(F)(F)F.O=C(O)C(F)(F)F. The lowest BCUT2D eigenvalue weighted by Gasteiger charge is -2.20. The minimum absolute atomic E-state index is 0.00165. The average Bonchev–Trinajstić information content (AvgIpc) is 3.50. The Balaban J connectivity index is 0.000000543. The van der Waals surface area contributed by atoms with E-state index in [0.717, 1.165) is 27.9 Å². The van der Waals surface area contributed by atoms with E-state index in [2.05, 4.69) is 5.32 Å². The van der Waals surface area contributed by atoms with Crippen LogP contribution in [0.25, 0.3) is 10.1 Å². The van der Waals surface area contributed by atoms with Gasteiger partial charge in [0.05, 0.1) is 4.88 Å². The van der Waals surface area contributed by atoms with Crippen LogP contribution >= 0.6 is 11.3 Å². The van der Waals surface area contributed by atoms with E-state index in [4.69, 9.17) is 45.2 Å². The quantitative estimate of drug-likeness (QED) is 0.0624. The molecule has 0 spiro atoms. The van der Waals surface area contributed by atoms with Gasteiger partial charge in [-0.15, -0.1) is 11.3 Å². The van der Waals surface area contributed by atoms with Gasteiger partial charge in [-0.25, -0.2) is 14.4 Å². The van der Waals surface area contributed by atoms with Crippen LogP contribution in [0.5, 0.6) is 11.5 Å². The molecule has 19 heteroatoms. The number of carbonyl (C=O) groups is 3. The summed E-state index contributed by atoms with van der Waals surface area (Å²) in [5.74, 6) is -4.14. The number of carbonyl (C=O) groups excluding carboxylic acids is 1. The van der Waals surface area contributed by atoms with Gasteiger partial charge in [-0.1, -0.05) is 36.4 Å². The van der Waals surface area contributed by atoms with Crippen LogP contribution in [0, 0.1) is 5.41 Å². The monoisotopic (exact) mass is 746 g/mol. The fourth-order valence-corrected chi connectivity index (χ4v) is 4.51. The largest absolute Gasteiger partial charge is 0.492 e. The first kappa shape index (κ1) is 41.6. The molecule has 0 saturated carbocycles. The molecule has 276 valence electrons. The Morgan fingerprint density at radius 2 is 1.47 bits per heavy atom. The van der Waals surface area contributed by atoms with Gasteiger partial charge in [0, 0.05) is 22.3 Å². The van der Waals surface area contributed by atoms with E-state index >= 15 is 0 Å². The van der Waals surface area contributed by atoms with E-state index in [-0.39, 0.29) is 12.4 Å². The van der Waals surface area contributed by atoms with E-state index < -0.39 is 36.5 Å². The molecule has 3 aromatic carbocycles. The van der Waals surface area contributed by atoms with Gasteiger partial charge in [0.1, 0.15) is 30.5 Å². The number of amides is 1. The van der Waals surface area contributed by atoms with Gasteiger partial charge in [-0.05, 0) is 62.1 Å². The van der Waals surface area contributed by atoms with Crippen molar-refractivity contribution in [1.82, 2.24) is 4.90 Å². The lowest BCUT2D eigenvalue weighted by Crippen LogP contribution is -2.21. The summed E-state index contributed by atoms with van der Waals surface area (Å²) in [7, 11) is 3.98. The highest BCUT2D eigenvalue weighted by Crippen LogP contribution is 2.35. The van der Waals surface area contributed by atoms with E-state index in [1.165, 1.54) is 11.3 Å². The summed E-state index contributed by atoms with van der Waals surface area (Å²) in [6.07, 6.45) is -11.3. The summed E-state index contributed by atoms with van der Waals surface area (Å²) < 4.78 is 82.0. The van der Waals surface area contributed by atoms with Crippen LogP contribution in [0.2, 0.25) is 0 Å². The molecule has 1 amide bonds. The molecule has 1 aromatic heterocycles. The van der Waals surface area contributed by atoms with Gasteiger partial charge in [0.15, 0.2) is 6.10 Å². The number of thiophene rings is 1. The highest BCUT2D eigenvalue weighted by atomic mass is 32.1. The Morgan fingerprint density at radius 3 is 1.98 bits per heavy atom. The molecule has 12 nitrogen and oxygen atoms in total. The Hall–Kier alpha value is -5.56. The number of alkyl halides is 6. The normalized spacial score (nSPS) is 11.6. The number of carboxylic acid groups (broad SMARTS) is 2. The van der Waals surface area contributed by atoms with Crippen molar-refractivity contribution in [2.75, 3.05) is 39.2 Å². The molecule has 0 aliphatic rings. The highest BCUT2D eigenvalue weighted by Gasteiger charge is 2.38. The molecule has 0 aliphatic heterocycles. The fourth-order valence-electron chi connectivity index (χ4n) is 3.57. The number of aliphatic carboxylic acids is 2. The minimum Gasteiger partial charge on any atom is -0.492 e. The zero-order chi connectivity index (χ0) is 38.4. The fraction of sp³-hybridized carbons (Fsp3) is 0.250. The van der Waals surface area contributed by atoms with Crippen LogP contribution in [-0.2, 0) is 14.3 Å². The third-order valence-corrected chi connectivity index (χ3v) is 7.12. The predicted molar refractivity (Wildman–Crippen MR) is 175 cm³/mol. The predicted octanol–water partition coefficient (Wildman–Crippen LogP) is 6.76. The second kappa shape index (κ2) is 19.0. The number of nitrogens with one attached hydrogen (secondary N) is 2. The summed E-state index contributed by atoms with van der Waals surface area (Å²) in [6, 6.07) is 24.3. The number of benzene rings is 3. The lowest BCUT2D eigenvalue weighted by molar-refractivity contribution is -0.193. The third kappa shape index (κ3) is 14.8. The molecule has 4 aromatic rings. The smallest absolute Gasteiger partial charge is 0.490 e. The molecule has 0 radical (unpaired) electrons. The molecule has 1 unspecified atom stereocenters. The van der Waals surface area contributed by atoms with Crippen molar-refractivity contribution in [2.45, 2.75) is 18.5 Å². The first-order valence-electron chi connectivity index (χ1n) is 14.3. The maximum atomic E-state index is 12.6. The number of nitrogens with two attached hydrogens (primary N) is 1. The molecule has 0 fully saturated rings. The van der Waals surface area contributed by atoms with Crippen molar-refractivity contribution in [3.8, 4) is 11.5 Å². The van der Waals surface area contributed by atoms with Crippen LogP contribution in [0.4, 0.5) is 36.8 Å². The molecular formula is C32H32F6N4O8S. The second-order valence-corrected chi connectivity index (χ2v) is 11.3. The first-order chi connectivity index (χ1) is 23.8. The van der Waals surface area contributed by atoms with E-state index in [1.807, 2.05) is 73.6 Å². The summed E-state index contributed by atoms with van der Waals surface area (Å²) in [5.41, 5.74) is 7.15. The first-order valence-corrected chi connectivity index (χ1v) is 15.1. The Morgan fingerprint density at radius 1 is 0.902 bits per heavy atom. The summed E-state index contributed by atoms with van der Waals surface area (Å²) in [6.45, 7) is 1.40. The van der Waals surface area contributed by atoms with E-state index in [9.17, 15) is 31.1 Å². The van der Waals surface area contributed by atoms with Gasteiger partial charge in [-0.3, -0.25) is 10.7 Å². The molecule has 0 bridgehead atoms. The number of halogens is 6. The number of likely N-dealkylation sites (N-methyl/N-ethyl adjacent to an activating group) is 1. The number of nitrogen functional groups attached to an aromatic ring is 1. The summed E-state index contributed by atoms with van der Waals surface area (Å²) >= 11 is 1.43. The molecule has 1 heterocycles. The number of fused-ring (bicyclic) bond motifs is 1. The molecule has 0 aliphatic carbocycles. The van der Waals surface area contributed by atoms with Gasteiger partial charge in [0.25, 0.3) is 0 Å². The number of anilines is 1. The standard InChI is InChI=1S/C28H30N4O4S.2C2HF3O2/c1-32(2)15-16-34-21-13-11-20(12-14-21)31-28(33)35-18-24(19-7-4-3-5-8-19)36-23-9-6-10-25-22(23)17-26(37-25)27(29)30;2*3-2(4,5)1(6)7/h3-14,17,24H,15-16,18H2,1-2H3,(H3,29,30)(H,31,33);2*(H,6,7). The van der Waals surface area contributed by atoms with Crippen LogP contribution in [0.1, 0.15) is 16.5 Å². The zero-order valence-electron chi connectivity index (χ0n) is 26.7. The number of nitrogens with zero attached hydrogens (tertiary/aromatic N) is 1. The topological polar surface area (TPSA) is 184 Å². The maximum absolute atomic E-state index is 12.6. The number of ether oxygens (including phenoxy) is 3. The van der Waals surface area contributed by atoms with E-state index in [1.54, 1.807) is 24.3 Å². The van der Waals surface area contributed by atoms with Crippen molar-refractivity contribution in [1.29, 1.82) is 5.41 Å². The van der Waals surface area contributed by atoms with Crippen molar-refractivity contribution in [3.63, 3.8) is 0 Å². The van der Waals surface area contributed by atoms with Crippen molar-refractivity contribution < 1.29 is 65.1 Å². The summed E-state index contributed by atoms with van der Waals surface area (Å²) in [4.78, 5) is 33.1. The van der Waals surface area contributed by atoms with Gasteiger partial charge < -0.3 is 35.1 Å². The zero-order valence-corrected chi connectivity index (χ0v) is 27.6. The van der Waals surface area contributed by atoms with E-state index in [0.29, 0.717) is 22.9 Å². The van der Waals surface area contributed by atoms with Gasteiger partial charge in [0.2, 0.25) is 0 Å². The average molecular weight is 747 g/mol. The molecule has 4 rings (SSSR count). The maximum Gasteiger partial charge on any atom is 0.490 e. The van der Waals surface area contributed by atoms with Crippen molar-refractivity contribution in [2.24, 2.45) is 5.73 Å². The second-order valence-electron chi connectivity index (χ2n) is 10.2. The van der Waals surface area contributed by atoms with Crippen LogP contribution in [-0.4, -0.2) is 85.2 Å². The lowest BCUT2D eigenvalue weighted by atomic mass is 10.1. The number of hydrogen-bond donors (Lipinski definition) is 5. The number of rotatable bonds is 11. The highest BCUT2D eigenvalue weighted by molar-refractivity contribution is 7.20. The van der Waals surface area contributed by atoms with Crippen molar-refractivity contribution in [3.05, 3.63) is 89.3 Å². The van der Waals surface area contributed by atoms with Gasteiger partial charge in [-0.2, -0.15) is 26.3 Å². The van der Waals surface area contributed by atoms with Crippen LogP contribution in [0.15, 0.2) is 78.9 Å². The Kier molecular flexibility index (Phi) is 15.5. The van der Waals surface area contributed by atoms with Crippen LogP contribution in [0.3, 0.4) is 0 Å². The molecule has 0 saturated heterocycles. The molecule has 1 atom stereocenters.